The van der Waals surface area contributed by atoms with Gasteiger partial charge in [0.15, 0.2) is 0 Å². The van der Waals surface area contributed by atoms with Gasteiger partial charge in [0.1, 0.15) is 17.1 Å². The Kier molecular flexibility index (Phi) is 7.32. The van der Waals surface area contributed by atoms with E-state index >= 15 is 0 Å². The fourth-order valence-corrected chi connectivity index (χ4v) is 7.03. The Morgan fingerprint density at radius 1 is 1.07 bits per heavy atom. The van der Waals surface area contributed by atoms with Crippen molar-refractivity contribution in [2.45, 2.75) is 70.4 Å². The van der Waals surface area contributed by atoms with Crippen molar-refractivity contribution in [3.05, 3.63) is 82.4 Å². The van der Waals surface area contributed by atoms with Crippen LogP contribution in [0.3, 0.4) is 0 Å². The molecule has 3 atom stereocenters. The second-order valence-corrected chi connectivity index (χ2v) is 12.5. The van der Waals surface area contributed by atoms with Gasteiger partial charge in [-0.25, -0.2) is 4.98 Å². The van der Waals surface area contributed by atoms with E-state index in [4.69, 9.17) is 4.74 Å². The number of nitrogens with zero attached hydrogens (tertiary/aromatic N) is 4. The summed E-state index contributed by atoms with van der Waals surface area (Å²) in [5.74, 6) is 0.941. The molecule has 2 bridgehead atoms. The van der Waals surface area contributed by atoms with Gasteiger partial charge in [-0.1, -0.05) is 19.1 Å². The van der Waals surface area contributed by atoms with Crippen LogP contribution < -0.4 is 10.1 Å². The van der Waals surface area contributed by atoms with Gasteiger partial charge in [-0.05, 0) is 60.7 Å². The second kappa shape index (κ2) is 11.2. The maximum Gasteiger partial charge on any atom is 0.416 e. The van der Waals surface area contributed by atoms with Crippen LogP contribution in [0.15, 0.2) is 48.8 Å². The zero-order valence-corrected chi connectivity index (χ0v) is 24.7. The van der Waals surface area contributed by atoms with E-state index in [1.54, 1.807) is 35.5 Å². The molecule has 0 aliphatic carbocycles. The normalized spacial score (nSPS) is 21.9. The lowest BCUT2D eigenvalue weighted by Crippen LogP contribution is -2.50. The van der Waals surface area contributed by atoms with Gasteiger partial charge in [0.2, 0.25) is 5.91 Å². The number of likely N-dealkylation sites (tertiary alicyclic amines) is 1. The number of rotatable bonds is 6. The number of carbonyl (C=O) groups is 1. The van der Waals surface area contributed by atoms with E-state index in [9.17, 15) is 18.0 Å². The van der Waals surface area contributed by atoms with Crippen molar-refractivity contribution in [3.63, 3.8) is 0 Å². The summed E-state index contributed by atoms with van der Waals surface area (Å²) in [6.45, 7) is 6.47. The van der Waals surface area contributed by atoms with E-state index in [1.165, 1.54) is 0 Å². The van der Waals surface area contributed by atoms with Crippen molar-refractivity contribution in [1.29, 1.82) is 0 Å². The number of amides is 1. The van der Waals surface area contributed by atoms with Gasteiger partial charge in [0.05, 0.1) is 29.3 Å². The van der Waals surface area contributed by atoms with Crippen molar-refractivity contribution in [3.8, 4) is 11.5 Å². The molecule has 2 saturated heterocycles. The maximum absolute atomic E-state index is 14.2. The average Bonchev–Trinajstić information content (AvgIpc) is 3.53. The lowest BCUT2D eigenvalue weighted by atomic mass is 9.95. The third-order valence-corrected chi connectivity index (χ3v) is 9.03. The summed E-state index contributed by atoms with van der Waals surface area (Å²) in [5, 5.41) is 4.38. The van der Waals surface area contributed by atoms with Gasteiger partial charge in [-0.2, -0.15) is 13.2 Å². The lowest BCUT2D eigenvalue weighted by Gasteiger charge is -2.33. The predicted octanol–water partition coefficient (Wildman–Crippen LogP) is 5.70. The minimum atomic E-state index is -4.50. The number of alkyl halides is 3. The summed E-state index contributed by atoms with van der Waals surface area (Å²) >= 11 is 0. The van der Waals surface area contributed by atoms with Gasteiger partial charge in [0.25, 0.3) is 0 Å². The van der Waals surface area contributed by atoms with Crippen molar-refractivity contribution in [2.24, 2.45) is 0 Å². The molecular weight excluding hydrogens is 569 g/mol. The van der Waals surface area contributed by atoms with Crippen LogP contribution in [0.25, 0.3) is 11.0 Å². The number of benzene rings is 1. The first-order chi connectivity index (χ1) is 21.1. The quantitative estimate of drug-likeness (QED) is 0.294. The first kappa shape index (κ1) is 28.8. The highest BCUT2D eigenvalue weighted by atomic mass is 19.4. The topological polar surface area (TPSA) is 86.4 Å². The molecule has 2 unspecified atom stereocenters. The molecule has 8 nitrogen and oxygen atoms in total. The van der Waals surface area contributed by atoms with Gasteiger partial charge in [-0.15, -0.1) is 0 Å². The first-order valence-electron chi connectivity index (χ1n) is 15.1. The van der Waals surface area contributed by atoms with Gasteiger partial charge in [0, 0.05) is 62.6 Å². The molecule has 0 radical (unpaired) electrons. The number of nitrogens with one attached hydrogen (secondary N) is 2. The number of ether oxygens (including phenoxy) is 1. The van der Waals surface area contributed by atoms with Crippen LogP contribution in [0.5, 0.6) is 11.5 Å². The Balaban J connectivity index is 1.06. The Bertz CT molecular complexity index is 1710. The number of carbonyl (C=O) groups excluding carboxylic acids is 1. The summed E-state index contributed by atoms with van der Waals surface area (Å²) in [4.78, 5) is 29.5. The molecule has 1 aromatic carbocycles. The van der Waals surface area contributed by atoms with Crippen molar-refractivity contribution in [2.75, 3.05) is 19.6 Å². The fraction of sp³-hybridized carbons (Fsp3) is 0.424. The van der Waals surface area contributed by atoms with Crippen LogP contribution in [-0.4, -0.2) is 62.4 Å². The summed E-state index contributed by atoms with van der Waals surface area (Å²) in [6, 6.07) is 10.7. The maximum atomic E-state index is 14.2. The number of pyridine rings is 2. The summed E-state index contributed by atoms with van der Waals surface area (Å²) < 4.78 is 48.7. The van der Waals surface area contributed by atoms with Crippen LogP contribution in [-0.2, 0) is 30.5 Å². The van der Waals surface area contributed by atoms with Crippen LogP contribution in [0.1, 0.15) is 59.3 Å². The standard InChI is InChI=1S/C33H35F3N6O2/c1-19-14-42(16-23-12-26(13-38-31(19)23)44-29-7-8-37-32-27(29)9-20(2)39-32)30(43)11-21-3-4-22(28(10-21)33(34,35)36)15-41-17-24-5-6-25(18-41)40-24/h3-4,7-10,12-13,19,24-25,40H,5-6,11,14-18H2,1-2H3,(H,37,39)/t19-,24?,25?/m1/s1. The predicted molar refractivity (Wildman–Crippen MR) is 159 cm³/mol. The Morgan fingerprint density at radius 3 is 2.64 bits per heavy atom. The highest BCUT2D eigenvalue weighted by molar-refractivity contribution is 5.83. The molecule has 3 aromatic heterocycles. The first-order valence-corrected chi connectivity index (χ1v) is 15.1. The number of halogens is 3. The zero-order valence-electron chi connectivity index (χ0n) is 24.7. The number of H-pyrrole nitrogens is 1. The van der Waals surface area contributed by atoms with E-state index in [-0.39, 0.29) is 30.4 Å². The average molecular weight is 605 g/mol. The van der Waals surface area contributed by atoms with Crippen LogP contribution in [0.4, 0.5) is 13.2 Å². The van der Waals surface area contributed by atoms with Crippen LogP contribution >= 0.6 is 0 Å². The molecule has 3 aliphatic rings. The van der Waals surface area contributed by atoms with Gasteiger partial charge >= 0.3 is 6.18 Å². The summed E-state index contributed by atoms with van der Waals surface area (Å²) in [7, 11) is 0. The molecule has 11 heteroatoms. The Hall–Kier alpha value is -3.96. The number of fused-ring (bicyclic) bond motifs is 4. The third kappa shape index (κ3) is 5.78. The number of hydrogen-bond acceptors (Lipinski definition) is 6. The lowest BCUT2D eigenvalue weighted by molar-refractivity contribution is -0.138. The largest absolute Gasteiger partial charge is 0.455 e. The highest BCUT2D eigenvalue weighted by Crippen LogP contribution is 2.36. The van der Waals surface area contributed by atoms with E-state index in [1.807, 2.05) is 26.0 Å². The van der Waals surface area contributed by atoms with Gasteiger partial charge in [-0.3, -0.25) is 14.7 Å². The second-order valence-electron chi connectivity index (χ2n) is 12.5. The third-order valence-electron chi connectivity index (χ3n) is 9.03. The SMILES string of the molecule is Cc1cc2c(Oc3cnc4c(c3)CN(C(=O)Cc3ccc(CN5CC6CCC(C5)N6)c(C(F)(F)F)c3)C[C@H]4C)ccnc2[nH]1. The Morgan fingerprint density at radius 2 is 1.86 bits per heavy atom. The minimum Gasteiger partial charge on any atom is -0.455 e. The Labute approximate surface area is 253 Å². The number of hydrogen-bond donors (Lipinski definition) is 2. The molecule has 2 N–H and O–H groups in total. The number of aromatic amines is 1. The van der Waals surface area contributed by atoms with Crippen molar-refractivity contribution in [1.82, 2.24) is 30.1 Å². The molecule has 0 spiro atoms. The molecule has 6 heterocycles. The molecule has 230 valence electrons. The van der Waals surface area contributed by atoms with Crippen molar-refractivity contribution >= 4 is 16.9 Å². The molecule has 4 aromatic rings. The molecule has 3 aliphatic heterocycles. The van der Waals surface area contributed by atoms with Gasteiger partial charge < -0.3 is 19.9 Å². The minimum absolute atomic E-state index is 0.0286. The number of piperazine rings is 1. The molecule has 44 heavy (non-hydrogen) atoms. The van der Waals surface area contributed by atoms with E-state index < -0.39 is 11.7 Å². The molecular formula is C33H35F3N6O2. The van der Waals surface area contributed by atoms with E-state index in [0.29, 0.717) is 42.2 Å². The summed E-state index contributed by atoms with van der Waals surface area (Å²) in [5.41, 5.74) is 3.43. The molecule has 7 rings (SSSR count). The van der Waals surface area contributed by atoms with E-state index in [0.717, 1.165) is 60.0 Å². The smallest absolute Gasteiger partial charge is 0.416 e. The summed E-state index contributed by atoms with van der Waals surface area (Å²) in [6.07, 6.45) is 0.896. The van der Waals surface area contributed by atoms with Crippen LogP contribution in [0, 0.1) is 6.92 Å². The number of aryl methyl sites for hydroxylation is 1. The molecule has 0 saturated carbocycles. The molecule has 2 fully saturated rings. The van der Waals surface area contributed by atoms with Crippen LogP contribution in [0.2, 0.25) is 0 Å². The highest BCUT2D eigenvalue weighted by Gasteiger charge is 2.37. The fourth-order valence-electron chi connectivity index (χ4n) is 7.03. The number of aromatic nitrogens is 3. The zero-order chi connectivity index (χ0) is 30.6. The van der Waals surface area contributed by atoms with Crippen molar-refractivity contribution < 1.29 is 22.7 Å². The molecule has 1 amide bonds. The van der Waals surface area contributed by atoms with E-state index in [2.05, 4.69) is 25.2 Å². The monoisotopic (exact) mass is 604 g/mol.